The van der Waals surface area contributed by atoms with Gasteiger partial charge in [0.2, 0.25) is 11.1 Å². The van der Waals surface area contributed by atoms with Crippen molar-refractivity contribution >= 4 is 23.4 Å². The third kappa shape index (κ3) is 5.05. The smallest absolute Gasteiger partial charge is 0.416 e. The summed E-state index contributed by atoms with van der Waals surface area (Å²) >= 11 is 1.08. The van der Waals surface area contributed by atoms with Crippen molar-refractivity contribution in [2.45, 2.75) is 23.5 Å². The summed E-state index contributed by atoms with van der Waals surface area (Å²) in [5, 5.41) is 13.7. The number of methoxy groups -OCH3 is 1. The number of aromatic nitrogens is 4. The first-order valence-electron chi connectivity index (χ1n) is 8.35. The number of carbonyl (C=O) groups is 1. The Hall–Kier alpha value is -3.08. The van der Waals surface area contributed by atoms with E-state index < -0.39 is 22.9 Å². The van der Waals surface area contributed by atoms with Crippen molar-refractivity contribution in [3.8, 4) is 11.4 Å². The third-order valence-electron chi connectivity index (χ3n) is 3.87. The van der Waals surface area contributed by atoms with Crippen LogP contribution in [0, 0.1) is 0 Å². The van der Waals surface area contributed by atoms with E-state index in [1.807, 2.05) is 0 Å². The fourth-order valence-corrected chi connectivity index (χ4v) is 3.17. The Morgan fingerprint density at radius 3 is 2.59 bits per heavy atom. The topological polar surface area (TPSA) is 81.9 Å². The lowest BCUT2D eigenvalue weighted by Gasteiger charge is -2.13. The number of benzene rings is 2. The van der Waals surface area contributed by atoms with Crippen LogP contribution < -0.4 is 10.1 Å². The van der Waals surface area contributed by atoms with Crippen LogP contribution in [0.5, 0.6) is 5.75 Å². The molecule has 0 aliphatic rings. The van der Waals surface area contributed by atoms with Crippen LogP contribution in [0.3, 0.4) is 0 Å². The van der Waals surface area contributed by atoms with Gasteiger partial charge >= 0.3 is 6.18 Å². The van der Waals surface area contributed by atoms with E-state index in [1.165, 1.54) is 16.8 Å². The number of thioether (sulfide) groups is 1. The number of nitrogens with one attached hydrogen (secondary N) is 1. The number of nitrogens with zero attached hydrogens (tertiary/aromatic N) is 4. The summed E-state index contributed by atoms with van der Waals surface area (Å²) in [6.45, 7) is 1.61. The first-order valence-corrected chi connectivity index (χ1v) is 9.23. The highest BCUT2D eigenvalue weighted by Crippen LogP contribution is 2.31. The van der Waals surface area contributed by atoms with Crippen molar-refractivity contribution < 1.29 is 22.7 Å². The number of alkyl halides is 3. The van der Waals surface area contributed by atoms with Crippen molar-refractivity contribution in [3.63, 3.8) is 0 Å². The van der Waals surface area contributed by atoms with Crippen LogP contribution in [-0.4, -0.2) is 38.5 Å². The maximum Gasteiger partial charge on any atom is 0.416 e. The highest BCUT2D eigenvalue weighted by molar-refractivity contribution is 8.00. The normalized spacial score (nSPS) is 12.4. The molecule has 1 N–H and O–H groups in total. The Bertz CT molecular complexity index is 992. The first kappa shape index (κ1) is 20.6. The molecule has 0 fully saturated rings. The minimum absolute atomic E-state index is 0.0621. The number of ether oxygens (including phenoxy) is 1. The first-order chi connectivity index (χ1) is 13.8. The molecular weight excluding hydrogens is 407 g/mol. The van der Waals surface area contributed by atoms with Gasteiger partial charge in [0.05, 0.1) is 23.6 Å². The third-order valence-corrected chi connectivity index (χ3v) is 4.90. The van der Waals surface area contributed by atoms with Crippen molar-refractivity contribution in [3.05, 3.63) is 54.1 Å². The van der Waals surface area contributed by atoms with Crippen LogP contribution in [0.2, 0.25) is 0 Å². The van der Waals surface area contributed by atoms with Crippen molar-refractivity contribution in [1.82, 2.24) is 20.2 Å². The number of amides is 1. The summed E-state index contributed by atoms with van der Waals surface area (Å²) in [5.74, 6) is 0.198. The number of rotatable bonds is 6. The Labute approximate surface area is 168 Å². The van der Waals surface area contributed by atoms with Crippen LogP contribution in [0.4, 0.5) is 18.9 Å². The summed E-state index contributed by atoms with van der Waals surface area (Å²) in [6, 6.07) is 11.5. The van der Waals surface area contributed by atoms with E-state index >= 15 is 0 Å². The molecule has 0 radical (unpaired) electrons. The average molecular weight is 423 g/mol. The second kappa shape index (κ2) is 8.52. The van der Waals surface area contributed by atoms with E-state index in [4.69, 9.17) is 4.74 Å². The summed E-state index contributed by atoms with van der Waals surface area (Å²) in [6.07, 6.45) is -4.48. The molecule has 29 heavy (non-hydrogen) atoms. The standard InChI is InChI=1S/C18H16F3N5O2S/c1-11(16(27)22-13-5-3-4-12(10-13)18(19,20)21)29-17-23-24-25-26(17)14-6-8-15(28-2)9-7-14/h3-11H,1-2H3,(H,22,27)/t11-/m0/s1. The number of anilines is 1. The van der Waals surface area contributed by atoms with Gasteiger partial charge in [0.15, 0.2) is 0 Å². The molecule has 0 aliphatic heterocycles. The van der Waals surface area contributed by atoms with Crippen LogP contribution in [0.25, 0.3) is 5.69 Å². The lowest BCUT2D eigenvalue weighted by atomic mass is 10.2. The lowest BCUT2D eigenvalue weighted by Crippen LogP contribution is -2.23. The summed E-state index contributed by atoms with van der Waals surface area (Å²) in [5.41, 5.74) is -0.102. The van der Waals surface area contributed by atoms with E-state index in [2.05, 4.69) is 20.8 Å². The number of hydrogen-bond donors (Lipinski definition) is 1. The highest BCUT2D eigenvalue weighted by Gasteiger charge is 2.30. The number of tetrazole rings is 1. The number of carbonyl (C=O) groups excluding carboxylic acids is 1. The van der Waals surface area contributed by atoms with Crippen LogP contribution in [0.15, 0.2) is 53.7 Å². The number of hydrogen-bond acceptors (Lipinski definition) is 6. The molecule has 7 nitrogen and oxygen atoms in total. The molecule has 0 unspecified atom stereocenters. The number of halogens is 3. The van der Waals surface area contributed by atoms with Crippen molar-refractivity contribution in [2.24, 2.45) is 0 Å². The van der Waals surface area contributed by atoms with Gasteiger partial charge in [0.25, 0.3) is 0 Å². The average Bonchev–Trinajstić information content (AvgIpc) is 3.15. The van der Waals surface area contributed by atoms with Gasteiger partial charge in [-0.1, -0.05) is 17.8 Å². The van der Waals surface area contributed by atoms with E-state index in [1.54, 1.807) is 38.3 Å². The van der Waals surface area contributed by atoms with Gasteiger partial charge in [-0.05, 0) is 59.8 Å². The molecule has 0 saturated heterocycles. The molecule has 1 aromatic heterocycles. The molecule has 1 amide bonds. The molecule has 0 spiro atoms. The lowest BCUT2D eigenvalue weighted by molar-refractivity contribution is -0.137. The van der Waals surface area contributed by atoms with E-state index in [0.717, 1.165) is 23.9 Å². The van der Waals surface area contributed by atoms with E-state index in [9.17, 15) is 18.0 Å². The van der Waals surface area contributed by atoms with Gasteiger partial charge in [-0.2, -0.15) is 17.9 Å². The Kier molecular flexibility index (Phi) is 6.06. The molecule has 1 atom stereocenters. The maximum absolute atomic E-state index is 12.8. The zero-order valence-electron chi connectivity index (χ0n) is 15.3. The fraction of sp³-hybridized carbons (Fsp3) is 0.222. The van der Waals surface area contributed by atoms with Gasteiger partial charge in [-0.25, -0.2) is 0 Å². The minimum Gasteiger partial charge on any atom is -0.497 e. The molecule has 152 valence electrons. The minimum atomic E-state index is -4.48. The summed E-state index contributed by atoms with van der Waals surface area (Å²) in [7, 11) is 1.55. The molecule has 2 aromatic carbocycles. The Balaban J connectivity index is 1.70. The van der Waals surface area contributed by atoms with Gasteiger partial charge in [0.1, 0.15) is 5.75 Å². The van der Waals surface area contributed by atoms with E-state index in [0.29, 0.717) is 16.6 Å². The largest absolute Gasteiger partial charge is 0.497 e. The van der Waals surface area contributed by atoms with Gasteiger partial charge in [-0.15, -0.1) is 5.10 Å². The Morgan fingerprint density at radius 2 is 1.93 bits per heavy atom. The van der Waals surface area contributed by atoms with Crippen LogP contribution in [-0.2, 0) is 11.0 Å². The molecular formula is C18H16F3N5O2S. The predicted molar refractivity (Wildman–Crippen MR) is 101 cm³/mol. The SMILES string of the molecule is COc1ccc(-n2nnnc2S[C@@H](C)C(=O)Nc2cccc(C(F)(F)F)c2)cc1. The fourth-order valence-electron chi connectivity index (χ4n) is 2.37. The molecule has 1 heterocycles. The second-order valence-electron chi connectivity index (χ2n) is 5.90. The van der Waals surface area contributed by atoms with Crippen LogP contribution in [0.1, 0.15) is 12.5 Å². The van der Waals surface area contributed by atoms with Gasteiger partial charge in [-0.3, -0.25) is 4.79 Å². The zero-order valence-corrected chi connectivity index (χ0v) is 16.2. The molecule has 3 rings (SSSR count). The van der Waals surface area contributed by atoms with Gasteiger partial charge in [0, 0.05) is 5.69 Å². The van der Waals surface area contributed by atoms with Crippen LogP contribution >= 0.6 is 11.8 Å². The summed E-state index contributed by atoms with van der Waals surface area (Å²) < 4.78 is 45.0. The predicted octanol–water partition coefficient (Wildman–Crippen LogP) is 3.81. The van der Waals surface area contributed by atoms with Crippen molar-refractivity contribution in [1.29, 1.82) is 0 Å². The quantitative estimate of drug-likeness (QED) is 0.608. The van der Waals surface area contributed by atoms with Gasteiger partial charge < -0.3 is 10.1 Å². The second-order valence-corrected chi connectivity index (χ2v) is 7.21. The maximum atomic E-state index is 12.8. The van der Waals surface area contributed by atoms with E-state index in [-0.39, 0.29) is 5.69 Å². The molecule has 11 heteroatoms. The highest BCUT2D eigenvalue weighted by atomic mass is 32.2. The Morgan fingerprint density at radius 1 is 1.21 bits per heavy atom. The zero-order chi connectivity index (χ0) is 21.0. The van der Waals surface area contributed by atoms with Crippen molar-refractivity contribution in [2.75, 3.05) is 12.4 Å². The summed E-state index contributed by atoms with van der Waals surface area (Å²) in [4.78, 5) is 12.4. The molecule has 3 aromatic rings. The monoisotopic (exact) mass is 423 g/mol. The molecule has 0 saturated carbocycles. The molecule has 0 aliphatic carbocycles. The molecule has 0 bridgehead atoms.